The molecule has 0 unspecified atom stereocenters. The van der Waals surface area contributed by atoms with Crippen molar-refractivity contribution < 1.29 is 29.0 Å². The van der Waals surface area contributed by atoms with Crippen LogP contribution in [0.15, 0.2) is 48.5 Å². The molecule has 0 aliphatic heterocycles. The number of nitrogens with one attached hydrogen (secondary N) is 1. The first-order chi connectivity index (χ1) is 15.6. The summed E-state index contributed by atoms with van der Waals surface area (Å²) in [6, 6.07) is 14.7. The van der Waals surface area contributed by atoms with Gasteiger partial charge in [0.25, 0.3) is 0 Å². The molecule has 0 bridgehead atoms. The third kappa shape index (κ3) is 5.92. The number of aliphatic carboxylic acids is 1. The van der Waals surface area contributed by atoms with E-state index in [2.05, 4.69) is 5.32 Å². The van der Waals surface area contributed by atoms with Crippen LogP contribution in [0.1, 0.15) is 57.6 Å². The number of ether oxygens (including phenoxy) is 2. The summed E-state index contributed by atoms with van der Waals surface area (Å²) in [4.78, 5) is 36.6. The van der Waals surface area contributed by atoms with E-state index >= 15 is 0 Å². The fourth-order valence-corrected chi connectivity index (χ4v) is 4.24. The fraction of sp³-hybridized carbons (Fsp3) is 0.423. The van der Waals surface area contributed by atoms with Crippen LogP contribution in [0.4, 0.5) is 4.79 Å². The lowest BCUT2D eigenvalue weighted by Crippen LogP contribution is -2.47. The van der Waals surface area contributed by atoms with Gasteiger partial charge in [-0.25, -0.2) is 9.59 Å². The van der Waals surface area contributed by atoms with E-state index < -0.39 is 35.6 Å². The SMILES string of the molecule is CC[C@H](CC(=O)OC(C)(C)C)[C@H](NC(=O)OCC1c2ccccc2-c2ccccc21)C(=O)O. The van der Waals surface area contributed by atoms with E-state index in [1.54, 1.807) is 27.7 Å². The normalized spacial score (nSPS) is 14.5. The summed E-state index contributed by atoms with van der Waals surface area (Å²) in [6.45, 7) is 7.08. The quantitative estimate of drug-likeness (QED) is 0.560. The van der Waals surface area contributed by atoms with E-state index in [-0.39, 0.29) is 18.9 Å². The Kier molecular flexibility index (Phi) is 7.41. The van der Waals surface area contributed by atoms with Gasteiger partial charge in [-0.3, -0.25) is 4.79 Å². The second kappa shape index (κ2) is 10.1. The molecule has 33 heavy (non-hydrogen) atoms. The molecular formula is C26H31NO6. The van der Waals surface area contributed by atoms with Gasteiger partial charge in [0.05, 0.1) is 6.42 Å². The minimum Gasteiger partial charge on any atom is -0.480 e. The number of amides is 1. The highest BCUT2D eigenvalue weighted by Crippen LogP contribution is 2.44. The summed E-state index contributed by atoms with van der Waals surface area (Å²) in [7, 11) is 0. The van der Waals surface area contributed by atoms with Crippen LogP contribution >= 0.6 is 0 Å². The summed E-state index contributed by atoms with van der Waals surface area (Å²) in [5.41, 5.74) is 3.67. The fourth-order valence-electron chi connectivity index (χ4n) is 4.24. The Balaban J connectivity index is 1.66. The van der Waals surface area contributed by atoms with Gasteiger partial charge in [-0.2, -0.15) is 0 Å². The van der Waals surface area contributed by atoms with E-state index in [1.807, 2.05) is 48.5 Å². The first-order valence-electron chi connectivity index (χ1n) is 11.2. The van der Waals surface area contributed by atoms with Crippen LogP contribution in [0.5, 0.6) is 0 Å². The maximum absolute atomic E-state index is 12.6. The van der Waals surface area contributed by atoms with Crippen LogP contribution in [0.2, 0.25) is 0 Å². The van der Waals surface area contributed by atoms with Crippen LogP contribution in [0.3, 0.4) is 0 Å². The summed E-state index contributed by atoms with van der Waals surface area (Å²) in [5.74, 6) is -2.48. The number of carboxylic acid groups (broad SMARTS) is 1. The Morgan fingerprint density at radius 1 is 1.00 bits per heavy atom. The molecule has 0 heterocycles. The van der Waals surface area contributed by atoms with Crippen LogP contribution in [-0.4, -0.2) is 41.4 Å². The number of rotatable bonds is 8. The Morgan fingerprint density at radius 2 is 1.55 bits per heavy atom. The standard InChI is InChI=1S/C26H31NO6/c1-5-16(14-22(28)33-26(2,3)4)23(24(29)30)27-25(31)32-15-21-19-12-8-6-10-17(19)18-11-7-9-13-20(18)21/h6-13,16,21,23H,5,14-15H2,1-4H3,(H,27,31)(H,29,30)/t16-,23+/m1/s1. The van der Waals surface area contributed by atoms with Gasteiger partial charge in [0.1, 0.15) is 18.2 Å². The first kappa shape index (κ1) is 24.3. The molecule has 0 saturated heterocycles. The highest BCUT2D eigenvalue weighted by atomic mass is 16.6. The molecule has 1 aliphatic carbocycles. The van der Waals surface area contributed by atoms with E-state index in [9.17, 15) is 19.5 Å². The Morgan fingerprint density at radius 3 is 2.03 bits per heavy atom. The molecular weight excluding hydrogens is 422 g/mol. The van der Waals surface area contributed by atoms with E-state index in [1.165, 1.54) is 0 Å². The van der Waals surface area contributed by atoms with Crippen molar-refractivity contribution in [2.24, 2.45) is 5.92 Å². The second-order valence-corrected chi connectivity index (χ2v) is 9.24. The number of alkyl carbamates (subject to hydrolysis) is 1. The number of hydrogen-bond acceptors (Lipinski definition) is 5. The van der Waals surface area contributed by atoms with Gasteiger partial charge in [0.2, 0.25) is 0 Å². The van der Waals surface area contributed by atoms with Crippen molar-refractivity contribution in [3.63, 3.8) is 0 Å². The van der Waals surface area contributed by atoms with Gasteiger partial charge < -0.3 is 19.9 Å². The van der Waals surface area contributed by atoms with E-state index in [4.69, 9.17) is 9.47 Å². The van der Waals surface area contributed by atoms with Crippen LogP contribution < -0.4 is 5.32 Å². The molecule has 3 rings (SSSR count). The maximum atomic E-state index is 12.6. The Labute approximate surface area is 194 Å². The van der Waals surface area contributed by atoms with Crippen molar-refractivity contribution in [3.05, 3.63) is 59.7 Å². The van der Waals surface area contributed by atoms with Crippen molar-refractivity contribution in [2.75, 3.05) is 6.61 Å². The predicted octanol–water partition coefficient (Wildman–Crippen LogP) is 4.74. The zero-order valence-corrected chi connectivity index (χ0v) is 19.5. The lowest BCUT2D eigenvalue weighted by atomic mass is 9.93. The van der Waals surface area contributed by atoms with Gasteiger partial charge in [-0.15, -0.1) is 0 Å². The van der Waals surface area contributed by atoms with Gasteiger partial charge in [-0.05, 0) is 43.0 Å². The van der Waals surface area contributed by atoms with E-state index in [0.29, 0.717) is 6.42 Å². The van der Waals surface area contributed by atoms with Crippen molar-refractivity contribution in [1.82, 2.24) is 5.32 Å². The number of carbonyl (C=O) groups excluding carboxylic acids is 2. The average Bonchev–Trinajstić information content (AvgIpc) is 3.07. The Bertz CT molecular complexity index is 980. The molecule has 2 aromatic rings. The molecule has 0 radical (unpaired) electrons. The lowest BCUT2D eigenvalue weighted by molar-refractivity contribution is -0.156. The summed E-state index contributed by atoms with van der Waals surface area (Å²) in [6.07, 6.45) is -0.569. The minimum absolute atomic E-state index is 0.0784. The number of carbonyl (C=O) groups is 3. The highest BCUT2D eigenvalue weighted by molar-refractivity contribution is 5.82. The topological polar surface area (TPSA) is 102 Å². The highest BCUT2D eigenvalue weighted by Gasteiger charge is 2.33. The molecule has 1 amide bonds. The number of hydrogen-bond donors (Lipinski definition) is 2. The van der Waals surface area contributed by atoms with Crippen molar-refractivity contribution in [1.29, 1.82) is 0 Å². The minimum atomic E-state index is -1.27. The van der Waals surface area contributed by atoms with Crippen molar-refractivity contribution in [3.8, 4) is 11.1 Å². The maximum Gasteiger partial charge on any atom is 0.407 e. The van der Waals surface area contributed by atoms with Crippen LogP contribution in [0, 0.1) is 5.92 Å². The summed E-state index contributed by atoms with van der Waals surface area (Å²) in [5, 5.41) is 12.1. The first-order valence-corrected chi connectivity index (χ1v) is 11.2. The van der Waals surface area contributed by atoms with Gasteiger partial charge in [0, 0.05) is 11.8 Å². The van der Waals surface area contributed by atoms with Crippen LogP contribution in [-0.2, 0) is 19.1 Å². The monoisotopic (exact) mass is 453 g/mol. The van der Waals surface area contributed by atoms with E-state index in [0.717, 1.165) is 22.3 Å². The Hall–Kier alpha value is -3.35. The summed E-state index contributed by atoms with van der Waals surface area (Å²) >= 11 is 0. The van der Waals surface area contributed by atoms with Crippen LogP contribution in [0.25, 0.3) is 11.1 Å². The second-order valence-electron chi connectivity index (χ2n) is 9.24. The average molecular weight is 454 g/mol. The molecule has 1 aliphatic rings. The molecule has 0 aromatic heterocycles. The molecule has 2 N–H and O–H groups in total. The largest absolute Gasteiger partial charge is 0.480 e. The molecule has 7 nitrogen and oxygen atoms in total. The zero-order valence-electron chi connectivity index (χ0n) is 19.5. The molecule has 7 heteroatoms. The number of carboxylic acids is 1. The third-order valence-electron chi connectivity index (χ3n) is 5.73. The smallest absolute Gasteiger partial charge is 0.407 e. The predicted molar refractivity (Wildman–Crippen MR) is 124 cm³/mol. The van der Waals surface area contributed by atoms with Gasteiger partial charge in [-0.1, -0.05) is 61.9 Å². The van der Waals surface area contributed by atoms with Gasteiger partial charge in [0.15, 0.2) is 0 Å². The number of benzene rings is 2. The molecule has 176 valence electrons. The number of esters is 1. The molecule has 2 aromatic carbocycles. The third-order valence-corrected chi connectivity index (χ3v) is 5.73. The van der Waals surface area contributed by atoms with Gasteiger partial charge >= 0.3 is 18.0 Å². The summed E-state index contributed by atoms with van der Waals surface area (Å²) < 4.78 is 10.8. The molecule has 0 spiro atoms. The molecule has 2 atom stereocenters. The molecule has 0 saturated carbocycles. The lowest BCUT2D eigenvalue weighted by Gasteiger charge is -2.25. The zero-order chi connectivity index (χ0) is 24.2. The number of fused-ring (bicyclic) bond motifs is 3. The van der Waals surface area contributed by atoms with Crippen molar-refractivity contribution in [2.45, 2.75) is 58.1 Å². The van der Waals surface area contributed by atoms with Crippen molar-refractivity contribution >= 4 is 18.0 Å². The molecule has 0 fully saturated rings.